The maximum absolute atomic E-state index is 14.3. The molecule has 0 aliphatic carbocycles. The molecule has 0 bridgehead atoms. The second-order valence-electron chi connectivity index (χ2n) is 6.24. The zero-order valence-electron chi connectivity index (χ0n) is 13.2. The summed E-state index contributed by atoms with van der Waals surface area (Å²) in [5, 5.41) is 8.85. The van der Waals surface area contributed by atoms with Gasteiger partial charge in [0, 0.05) is 44.2 Å². The Morgan fingerprint density at radius 3 is 2.42 bits per heavy atom. The van der Waals surface area contributed by atoms with Gasteiger partial charge in [0.15, 0.2) is 0 Å². The van der Waals surface area contributed by atoms with Gasteiger partial charge < -0.3 is 15.5 Å². The van der Waals surface area contributed by atoms with Gasteiger partial charge in [0.25, 0.3) is 12.6 Å². The van der Waals surface area contributed by atoms with Crippen LogP contribution in [0.4, 0.5) is 24.5 Å². The van der Waals surface area contributed by atoms with Crippen LogP contribution in [-0.2, 0) is 0 Å². The van der Waals surface area contributed by atoms with Crippen molar-refractivity contribution in [2.24, 2.45) is 0 Å². The Balaban J connectivity index is 1.69. The van der Waals surface area contributed by atoms with Gasteiger partial charge in [-0.05, 0) is 24.5 Å². The van der Waals surface area contributed by atoms with Crippen LogP contribution in [-0.4, -0.2) is 43.7 Å². The maximum atomic E-state index is 14.3. The summed E-state index contributed by atoms with van der Waals surface area (Å²) in [5.41, 5.74) is 6.35. The van der Waals surface area contributed by atoms with Gasteiger partial charge in [0.1, 0.15) is 5.82 Å². The van der Waals surface area contributed by atoms with Crippen molar-refractivity contribution in [3.63, 3.8) is 0 Å². The Hall–Kier alpha value is -2.30. The van der Waals surface area contributed by atoms with E-state index in [1.54, 1.807) is 17.0 Å². The fourth-order valence-electron chi connectivity index (χ4n) is 3.33. The minimum Gasteiger partial charge on any atom is -0.399 e. The average molecular weight is 334 g/mol. The second-order valence-corrected chi connectivity index (χ2v) is 6.24. The molecule has 0 unspecified atom stereocenters. The number of nitrogens with two attached hydrogens (primary N) is 1. The lowest BCUT2D eigenvalue weighted by atomic mass is 9.43. The van der Waals surface area contributed by atoms with Gasteiger partial charge in [-0.2, -0.15) is 0 Å². The average Bonchev–Trinajstić information content (AvgIpc) is 2.54. The fourth-order valence-corrected chi connectivity index (χ4v) is 3.33. The molecule has 24 heavy (non-hydrogen) atoms. The summed E-state index contributed by atoms with van der Waals surface area (Å²) in [6.07, 6.45) is 1.41. The number of allylic oxidation sites excluding steroid dienone is 2. The molecule has 0 radical (unpaired) electrons. The zero-order chi connectivity index (χ0) is 17.3. The van der Waals surface area contributed by atoms with E-state index in [9.17, 15) is 13.2 Å². The van der Waals surface area contributed by atoms with E-state index in [4.69, 9.17) is 11.0 Å². The standard InChI is InChI=1S/C16H18BF3N4/c18-13-9-12(22)1-2-14(13)23-5-7-24(8-6-23)15-3-4-17(11-21)10-16(15,19)20/h1-3,9H,4-8,10,22H2. The summed E-state index contributed by atoms with van der Waals surface area (Å²) < 4.78 is 42.5. The third kappa shape index (κ3) is 3.16. The van der Waals surface area contributed by atoms with Crippen molar-refractivity contribution in [2.75, 3.05) is 36.8 Å². The number of nitrogen functional groups attached to an aromatic ring is 1. The van der Waals surface area contributed by atoms with E-state index in [1.807, 2.05) is 10.9 Å². The lowest BCUT2D eigenvalue weighted by Gasteiger charge is -2.41. The molecule has 0 saturated carbocycles. The summed E-state index contributed by atoms with van der Waals surface area (Å²) >= 11 is 0. The van der Waals surface area contributed by atoms with E-state index >= 15 is 0 Å². The molecular weight excluding hydrogens is 316 g/mol. The van der Waals surface area contributed by atoms with E-state index in [1.165, 1.54) is 12.1 Å². The topological polar surface area (TPSA) is 56.3 Å². The number of halogens is 3. The van der Waals surface area contributed by atoms with Crippen LogP contribution in [0, 0.1) is 17.0 Å². The number of rotatable bonds is 2. The smallest absolute Gasteiger partial charge is 0.281 e. The lowest BCUT2D eigenvalue weighted by molar-refractivity contribution is 0.0261. The normalized spacial score (nSPS) is 20.6. The predicted molar refractivity (Wildman–Crippen MR) is 88.6 cm³/mol. The fraction of sp³-hybridized carbons (Fsp3) is 0.438. The first-order valence-electron chi connectivity index (χ1n) is 7.94. The van der Waals surface area contributed by atoms with E-state index in [0.717, 1.165) is 0 Å². The van der Waals surface area contributed by atoms with Gasteiger partial charge in [-0.25, -0.2) is 18.4 Å². The lowest BCUT2D eigenvalue weighted by Crippen LogP contribution is -2.50. The number of hydrogen-bond acceptors (Lipinski definition) is 4. The minimum atomic E-state index is -2.98. The molecule has 2 N–H and O–H groups in total. The van der Waals surface area contributed by atoms with Crippen LogP contribution in [0.5, 0.6) is 0 Å². The number of hydrogen-bond donors (Lipinski definition) is 1. The van der Waals surface area contributed by atoms with E-state index in [0.29, 0.717) is 43.9 Å². The zero-order valence-corrected chi connectivity index (χ0v) is 13.2. The van der Waals surface area contributed by atoms with Crippen LogP contribution in [0.25, 0.3) is 0 Å². The quantitative estimate of drug-likeness (QED) is 0.667. The first-order valence-corrected chi connectivity index (χ1v) is 7.94. The number of anilines is 2. The predicted octanol–water partition coefficient (Wildman–Crippen LogP) is 2.62. The van der Waals surface area contributed by atoms with Crippen molar-refractivity contribution < 1.29 is 13.2 Å². The Bertz CT molecular complexity index is 693. The van der Waals surface area contributed by atoms with Gasteiger partial charge in [0.2, 0.25) is 0 Å². The van der Waals surface area contributed by atoms with E-state index in [2.05, 4.69) is 0 Å². The van der Waals surface area contributed by atoms with Crippen LogP contribution in [0.2, 0.25) is 12.6 Å². The van der Waals surface area contributed by atoms with Crippen LogP contribution < -0.4 is 10.6 Å². The Morgan fingerprint density at radius 2 is 1.83 bits per heavy atom. The second kappa shape index (κ2) is 6.31. The Morgan fingerprint density at radius 1 is 1.17 bits per heavy atom. The molecule has 3 rings (SSSR count). The first kappa shape index (κ1) is 16.6. The number of piperazine rings is 1. The monoisotopic (exact) mass is 334 g/mol. The van der Waals surface area contributed by atoms with Crippen molar-refractivity contribution in [3.05, 3.63) is 35.8 Å². The molecule has 126 valence electrons. The van der Waals surface area contributed by atoms with Crippen molar-refractivity contribution in [1.29, 1.82) is 5.26 Å². The van der Waals surface area contributed by atoms with Crippen molar-refractivity contribution in [1.82, 2.24) is 4.90 Å². The molecule has 2 aliphatic heterocycles. The summed E-state index contributed by atoms with van der Waals surface area (Å²) in [7, 11) is 0. The SMILES string of the molecule is N#CB1CC=C(N2CCN(c3ccc(N)cc3F)CC2)C(F)(F)C1. The molecular formula is C16H18BF3N4. The molecule has 1 fully saturated rings. The molecule has 2 heterocycles. The summed E-state index contributed by atoms with van der Waals surface area (Å²) in [4.78, 5) is 3.49. The highest BCUT2D eigenvalue weighted by atomic mass is 19.3. The number of nitrogens with zero attached hydrogens (tertiary/aromatic N) is 3. The Kier molecular flexibility index (Phi) is 4.35. The summed E-state index contributed by atoms with van der Waals surface area (Å²) in [6.45, 7) is 1.06. The van der Waals surface area contributed by atoms with Crippen LogP contribution in [0.1, 0.15) is 0 Å². The first-order chi connectivity index (χ1) is 11.4. The van der Waals surface area contributed by atoms with Crippen LogP contribution in [0.15, 0.2) is 30.0 Å². The van der Waals surface area contributed by atoms with Crippen LogP contribution in [0.3, 0.4) is 0 Å². The molecule has 1 saturated heterocycles. The number of benzene rings is 1. The highest BCUT2D eigenvalue weighted by Crippen LogP contribution is 2.37. The summed E-state index contributed by atoms with van der Waals surface area (Å²) in [5.74, 6) is -1.46. The van der Waals surface area contributed by atoms with Crippen molar-refractivity contribution in [2.45, 2.75) is 18.6 Å². The maximum Gasteiger partial charge on any atom is 0.281 e. The molecule has 8 heteroatoms. The molecule has 0 aromatic heterocycles. The Labute approximate surface area is 139 Å². The van der Waals surface area contributed by atoms with Gasteiger partial charge in [-0.3, -0.25) is 0 Å². The van der Waals surface area contributed by atoms with Gasteiger partial charge in [-0.15, -0.1) is 0 Å². The van der Waals surface area contributed by atoms with Crippen LogP contribution >= 0.6 is 0 Å². The number of nitriles is 1. The molecule has 0 spiro atoms. The van der Waals surface area contributed by atoms with Gasteiger partial charge in [-0.1, -0.05) is 6.08 Å². The molecule has 2 aliphatic rings. The largest absolute Gasteiger partial charge is 0.399 e. The van der Waals surface area contributed by atoms with E-state index < -0.39 is 24.8 Å². The molecule has 0 amide bonds. The number of alkyl halides is 2. The molecule has 0 atom stereocenters. The third-order valence-corrected chi connectivity index (χ3v) is 4.59. The molecule has 1 aromatic rings. The highest BCUT2D eigenvalue weighted by Gasteiger charge is 2.44. The van der Waals surface area contributed by atoms with Crippen molar-refractivity contribution >= 4 is 18.1 Å². The molecule has 1 aromatic carbocycles. The highest BCUT2D eigenvalue weighted by molar-refractivity contribution is 6.67. The summed E-state index contributed by atoms with van der Waals surface area (Å²) in [6, 6.07) is 4.51. The third-order valence-electron chi connectivity index (χ3n) is 4.59. The van der Waals surface area contributed by atoms with Gasteiger partial charge >= 0.3 is 0 Å². The minimum absolute atomic E-state index is 0.00595. The van der Waals surface area contributed by atoms with E-state index in [-0.39, 0.29) is 5.70 Å². The molecule has 4 nitrogen and oxygen atoms in total. The van der Waals surface area contributed by atoms with Crippen molar-refractivity contribution in [3.8, 4) is 5.97 Å². The van der Waals surface area contributed by atoms with Gasteiger partial charge in [0.05, 0.1) is 11.4 Å².